The Hall–Kier alpha value is -3.41. The molecule has 4 rings (SSSR count). The molecule has 0 saturated carbocycles. The first-order valence-electron chi connectivity index (χ1n) is 8.41. The molecule has 0 saturated heterocycles. The van der Waals surface area contributed by atoms with Crippen LogP contribution in [0.15, 0.2) is 67.1 Å². The fourth-order valence-electron chi connectivity index (χ4n) is 2.87. The molecule has 3 N–H and O–H groups in total. The number of aromatic amines is 1. The highest BCUT2D eigenvalue weighted by Gasteiger charge is 2.04. The summed E-state index contributed by atoms with van der Waals surface area (Å²) in [6, 6.07) is 16.2. The molecular formula is C20H18FN5. The van der Waals surface area contributed by atoms with Gasteiger partial charge < -0.3 is 15.6 Å². The van der Waals surface area contributed by atoms with Gasteiger partial charge in [0, 0.05) is 35.4 Å². The van der Waals surface area contributed by atoms with Gasteiger partial charge in [0.1, 0.15) is 23.8 Å². The molecular weight excluding hydrogens is 329 g/mol. The van der Waals surface area contributed by atoms with Gasteiger partial charge in [-0.25, -0.2) is 14.4 Å². The van der Waals surface area contributed by atoms with Crippen LogP contribution in [0.3, 0.4) is 0 Å². The van der Waals surface area contributed by atoms with E-state index in [0.29, 0.717) is 5.82 Å². The third kappa shape index (κ3) is 3.64. The Morgan fingerprint density at radius 3 is 2.65 bits per heavy atom. The van der Waals surface area contributed by atoms with Crippen molar-refractivity contribution in [2.24, 2.45) is 0 Å². The molecule has 2 aromatic heterocycles. The van der Waals surface area contributed by atoms with Gasteiger partial charge in [0.2, 0.25) is 0 Å². The summed E-state index contributed by atoms with van der Waals surface area (Å²) in [5.74, 6) is 1.13. The summed E-state index contributed by atoms with van der Waals surface area (Å²) in [5.41, 5.74) is 3.19. The highest BCUT2D eigenvalue weighted by molar-refractivity contribution is 5.83. The van der Waals surface area contributed by atoms with Gasteiger partial charge in [-0.05, 0) is 42.3 Å². The molecule has 0 aliphatic heterocycles. The number of H-pyrrole nitrogens is 1. The number of aromatic nitrogens is 3. The molecule has 4 aromatic rings. The molecule has 0 aliphatic carbocycles. The maximum atomic E-state index is 13.0. The zero-order chi connectivity index (χ0) is 17.8. The average Bonchev–Trinajstić information content (AvgIpc) is 3.07. The number of benzene rings is 2. The van der Waals surface area contributed by atoms with Gasteiger partial charge >= 0.3 is 0 Å². The van der Waals surface area contributed by atoms with Crippen molar-refractivity contribution in [3.8, 4) is 0 Å². The maximum Gasteiger partial charge on any atom is 0.135 e. The van der Waals surface area contributed by atoms with Crippen molar-refractivity contribution in [2.75, 3.05) is 17.2 Å². The summed E-state index contributed by atoms with van der Waals surface area (Å²) >= 11 is 0. The zero-order valence-corrected chi connectivity index (χ0v) is 14.0. The first kappa shape index (κ1) is 16.1. The van der Waals surface area contributed by atoms with E-state index < -0.39 is 0 Å². The lowest BCUT2D eigenvalue weighted by Gasteiger charge is -2.08. The Morgan fingerprint density at radius 1 is 0.962 bits per heavy atom. The molecule has 0 aliphatic rings. The third-order valence-electron chi connectivity index (χ3n) is 4.16. The van der Waals surface area contributed by atoms with Crippen molar-refractivity contribution < 1.29 is 4.39 Å². The minimum atomic E-state index is -0.266. The molecule has 0 radical (unpaired) electrons. The van der Waals surface area contributed by atoms with Crippen molar-refractivity contribution in [3.05, 3.63) is 78.5 Å². The minimum absolute atomic E-state index is 0.266. The van der Waals surface area contributed by atoms with Crippen LogP contribution in [0.25, 0.3) is 10.9 Å². The summed E-state index contributed by atoms with van der Waals surface area (Å²) in [5, 5.41) is 7.70. The molecule has 0 spiro atoms. The molecule has 5 nitrogen and oxygen atoms in total. The Balaban J connectivity index is 1.38. The lowest BCUT2D eigenvalue weighted by Crippen LogP contribution is -2.07. The lowest BCUT2D eigenvalue weighted by molar-refractivity contribution is 0.628. The second-order valence-electron chi connectivity index (χ2n) is 5.96. The number of fused-ring (bicyclic) bond motifs is 1. The summed E-state index contributed by atoms with van der Waals surface area (Å²) in [6.45, 7) is 0.759. The highest BCUT2D eigenvalue weighted by Crippen LogP contribution is 2.19. The van der Waals surface area contributed by atoms with Gasteiger partial charge in [-0.3, -0.25) is 0 Å². The van der Waals surface area contributed by atoms with Crippen LogP contribution in [0, 0.1) is 5.82 Å². The molecule has 0 amide bonds. The topological polar surface area (TPSA) is 65.6 Å². The fraction of sp³-hybridized carbons (Fsp3) is 0.100. The summed E-state index contributed by atoms with van der Waals surface area (Å²) in [7, 11) is 0. The van der Waals surface area contributed by atoms with E-state index in [1.807, 2.05) is 24.4 Å². The van der Waals surface area contributed by atoms with Crippen LogP contribution in [0.2, 0.25) is 0 Å². The van der Waals surface area contributed by atoms with Gasteiger partial charge in [0.05, 0.1) is 0 Å². The van der Waals surface area contributed by atoms with Crippen molar-refractivity contribution >= 4 is 28.2 Å². The molecule has 0 bridgehead atoms. The molecule has 0 atom stereocenters. The molecule has 26 heavy (non-hydrogen) atoms. The number of hydrogen-bond donors (Lipinski definition) is 3. The second-order valence-corrected chi connectivity index (χ2v) is 5.96. The Bertz CT molecular complexity index is 1010. The predicted molar refractivity (Wildman–Crippen MR) is 102 cm³/mol. The number of nitrogens with zero attached hydrogens (tertiary/aromatic N) is 2. The van der Waals surface area contributed by atoms with Crippen LogP contribution >= 0.6 is 0 Å². The molecule has 2 aromatic carbocycles. The van der Waals surface area contributed by atoms with Crippen LogP contribution in [0.1, 0.15) is 5.56 Å². The highest BCUT2D eigenvalue weighted by atomic mass is 19.1. The Labute approximate surface area is 150 Å². The zero-order valence-electron chi connectivity index (χ0n) is 14.0. The number of anilines is 3. The number of halogens is 1. The quantitative estimate of drug-likeness (QED) is 0.481. The maximum absolute atomic E-state index is 13.0. The van der Waals surface area contributed by atoms with Gasteiger partial charge in [-0.15, -0.1) is 0 Å². The second kappa shape index (κ2) is 7.23. The van der Waals surface area contributed by atoms with E-state index in [9.17, 15) is 4.39 Å². The first-order chi connectivity index (χ1) is 12.8. The summed E-state index contributed by atoms with van der Waals surface area (Å²) < 4.78 is 13.0. The molecule has 2 heterocycles. The van der Waals surface area contributed by atoms with Crippen LogP contribution in [-0.4, -0.2) is 21.5 Å². The molecule has 130 valence electrons. The van der Waals surface area contributed by atoms with Crippen molar-refractivity contribution in [2.45, 2.75) is 6.42 Å². The van der Waals surface area contributed by atoms with Crippen LogP contribution in [0.4, 0.5) is 21.7 Å². The third-order valence-corrected chi connectivity index (χ3v) is 4.16. The van der Waals surface area contributed by atoms with Gasteiger partial charge in [-0.2, -0.15) is 0 Å². The van der Waals surface area contributed by atoms with E-state index >= 15 is 0 Å². The standard InChI is InChI=1S/C20H18FN5/c21-15-5-7-16(8-6-15)26-20-11-19(24-13-25-20)22-10-9-14-12-23-18-4-2-1-3-17(14)18/h1-8,11-13,23H,9-10H2,(H2,22,24,25,26). The fourth-order valence-corrected chi connectivity index (χ4v) is 2.87. The summed E-state index contributed by atoms with van der Waals surface area (Å²) in [4.78, 5) is 11.7. The van der Waals surface area contributed by atoms with Crippen LogP contribution < -0.4 is 10.6 Å². The van der Waals surface area contributed by atoms with E-state index in [2.05, 4.69) is 37.7 Å². The minimum Gasteiger partial charge on any atom is -0.370 e. The van der Waals surface area contributed by atoms with Crippen molar-refractivity contribution in [3.63, 3.8) is 0 Å². The first-order valence-corrected chi connectivity index (χ1v) is 8.41. The summed E-state index contributed by atoms with van der Waals surface area (Å²) in [6.07, 6.45) is 4.43. The van der Waals surface area contributed by atoms with Gasteiger partial charge in [0.15, 0.2) is 0 Å². The van der Waals surface area contributed by atoms with E-state index in [4.69, 9.17) is 0 Å². The monoisotopic (exact) mass is 347 g/mol. The van der Waals surface area contributed by atoms with Gasteiger partial charge in [0.25, 0.3) is 0 Å². The average molecular weight is 347 g/mol. The number of hydrogen-bond acceptors (Lipinski definition) is 4. The van der Waals surface area contributed by atoms with E-state index in [0.717, 1.165) is 30.0 Å². The van der Waals surface area contributed by atoms with Crippen LogP contribution in [0.5, 0.6) is 0 Å². The van der Waals surface area contributed by atoms with E-state index in [-0.39, 0.29) is 5.82 Å². The van der Waals surface area contributed by atoms with Gasteiger partial charge in [-0.1, -0.05) is 18.2 Å². The number of nitrogens with one attached hydrogen (secondary N) is 3. The number of para-hydroxylation sites is 1. The van der Waals surface area contributed by atoms with Crippen LogP contribution in [-0.2, 0) is 6.42 Å². The molecule has 0 fully saturated rings. The SMILES string of the molecule is Fc1ccc(Nc2cc(NCCc3c[nH]c4ccccc34)ncn2)cc1. The van der Waals surface area contributed by atoms with E-state index in [1.54, 1.807) is 12.1 Å². The smallest absolute Gasteiger partial charge is 0.135 e. The number of rotatable bonds is 6. The van der Waals surface area contributed by atoms with Crippen molar-refractivity contribution in [1.29, 1.82) is 0 Å². The predicted octanol–water partition coefficient (Wildman–Crippen LogP) is 4.50. The molecule has 0 unspecified atom stereocenters. The van der Waals surface area contributed by atoms with Crippen molar-refractivity contribution in [1.82, 2.24) is 15.0 Å². The largest absolute Gasteiger partial charge is 0.370 e. The Morgan fingerprint density at radius 2 is 1.77 bits per heavy atom. The lowest BCUT2D eigenvalue weighted by atomic mass is 10.1. The normalized spacial score (nSPS) is 10.8. The Kier molecular flexibility index (Phi) is 4.47. The molecule has 6 heteroatoms. The van der Waals surface area contributed by atoms with E-state index in [1.165, 1.54) is 29.4 Å².